The van der Waals surface area contributed by atoms with E-state index in [-0.39, 0.29) is 18.7 Å². The highest BCUT2D eigenvalue weighted by Gasteiger charge is 2.17. The van der Waals surface area contributed by atoms with Crippen LogP contribution in [0.4, 0.5) is 4.39 Å². The number of nitrogens with zero attached hydrogens (tertiary/aromatic N) is 1. The summed E-state index contributed by atoms with van der Waals surface area (Å²) in [5.74, 6) is -2.35. The third kappa shape index (κ3) is 4.17. The van der Waals surface area contributed by atoms with Gasteiger partial charge in [-0.1, -0.05) is 6.07 Å². The first-order valence-electron chi connectivity index (χ1n) is 6.10. The van der Waals surface area contributed by atoms with Gasteiger partial charge in [0.2, 0.25) is 0 Å². The predicted molar refractivity (Wildman–Crippen MR) is 71.7 cm³/mol. The number of aliphatic hydroxyl groups excluding tert-OH is 1. The van der Waals surface area contributed by atoms with Crippen molar-refractivity contribution in [2.24, 2.45) is 0 Å². The lowest BCUT2D eigenvalue weighted by Crippen LogP contribution is -2.33. The molecule has 1 aromatic rings. The number of carboxylic acid groups (broad SMARTS) is 1. The second-order valence-corrected chi connectivity index (χ2v) is 4.02. The average Bonchev–Trinajstić information content (AvgIpc) is 2.43. The standard InChI is InChI=1S/C14H16FNO4/c1-2-16(7-8-17)14(20)11-9-10(3-5-12(11)15)4-6-13(18)19/h3-6,9,17H,2,7-8H2,1H3,(H,18,19). The van der Waals surface area contributed by atoms with E-state index in [2.05, 4.69) is 0 Å². The number of carbonyl (C=O) groups is 2. The van der Waals surface area contributed by atoms with Crippen LogP contribution in [0.2, 0.25) is 0 Å². The van der Waals surface area contributed by atoms with Crippen molar-refractivity contribution in [3.8, 4) is 0 Å². The molecule has 0 unspecified atom stereocenters. The minimum Gasteiger partial charge on any atom is -0.478 e. The maximum atomic E-state index is 13.7. The number of likely N-dealkylation sites (N-methyl/N-ethyl adjacent to an activating group) is 1. The first-order valence-corrected chi connectivity index (χ1v) is 6.10. The van der Waals surface area contributed by atoms with Crippen LogP contribution < -0.4 is 0 Å². The van der Waals surface area contributed by atoms with E-state index >= 15 is 0 Å². The Morgan fingerprint density at radius 2 is 2.10 bits per heavy atom. The van der Waals surface area contributed by atoms with E-state index in [0.717, 1.165) is 12.1 Å². The number of hydrogen-bond donors (Lipinski definition) is 2. The molecule has 0 fully saturated rings. The van der Waals surface area contributed by atoms with Crippen molar-refractivity contribution in [3.05, 3.63) is 41.2 Å². The molecule has 5 nitrogen and oxygen atoms in total. The molecule has 0 aliphatic heterocycles. The van der Waals surface area contributed by atoms with Crippen LogP contribution in [0.3, 0.4) is 0 Å². The van der Waals surface area contributed by atoms with Gasteiger partial charge in [-0.3, -0.25) is 4.79 Å². The third-order valence-electron chi connectivity index (χ3n) is 2.68. The molecular weight excluding hydrogens is 265 g/mol. The molecule has 0 saturated heterocycles. The Morgan fingerprint density at radius 1 is 1.40 bits per heavy atom. The molecule has 6 heteroatoms. The van der Waals surface area contributed by atoms with Crippen molar-refractivity contribution in [2.75, 3.05) is 19.7 Å². The van der Waals surface area contributed by atoms with Crippen LogP contribution in [0.25, 0.3) is 6.08 Å². The fraction of sp³-hybridized carbons (Fsp3) is 0.286. The van der Waals surface area contributed by atoms with Crippen molar-refractivity contribution in [1.82, 2.24) is 4.90 Å². The molecule has 0 atom stereocenters. The molecule has 1 amide bonds. The van der Waals surface area contributed by atoms with Gasteiger partial charge in [0.15, 0.2) is 0 Å². The van der Waals surface area contributed by atoms with Gasteiger partial charge in [-0.05, 0) is 30.7 Å². The number of carbonyl (C=O) groups excluding carboxylic acids is 1. The Labute approximate surface area is 115 Å². The number of halogens is 1. The maximum absolute atomic E-state index is 13.7. The molecule has 0 aliphatic carbocycles. The van der Waals surface area contributed by atoms with Crippen LogP contribution >= 0.6 is 0 Å². The molecule has 2 N–H and O–H groups in total. The van der Waals surface area contributed by atoms with Crippen molar-refractivity contribution in [2.45, 2.75) is 6.92 Å². The highest BCUT2D eigenvalue weighted by Crippen LogP contribution is 2.14. The van der Waals surface area contributed by atoms with E-state index in [1.165, 1.54) is 23.1 Å². The van der Waals surface area contributed by atoms with Gasteiger partial charge in [0.05, 0.1) is 12.2 Å². The molecule has 0 aromatic heterocycles. The van der Waals surface area contributed by atoms with Gasteiger partial charge >= 0.3 is 5.97 Å². The lowest BCUT2D eigenvalue weighted by Gasteiger charge is -2.20. The first kappa shape index (κ1) is 15.8. The van der Waals surface area contributed by atoms with Crippen molar-refractivity contribution < 1.29 is 24.2 Å². The van der Waals surface area contributed by atoms with Crippen LogP contribution in [0, 0.1) is 5.82 Å². The summed E-state index contributed by atoms with van der Waals surface area (Å²) < 4.78 is 13.7. The van der Waals surface area contributed by atoms with Crippen LogP contribution in [-0.2, 0) is 4.79 Å². The average molecular weight is 281 g/mol. The smallest absolute Gasteiger partial charge is 0.328 e. The zero-order chi connectivity index (χ0) is 15.1. The lowest BCUT2D eigenvalue weighted by atomic mass is 10.1. The van der Waals surface area contributed by atoms with Crippen molar-refractivity contribution in [1.29, 1.82) is 0 Å². The topological polar surface area (TPSA) is 77.8 Å². The summed E-state index contributed by atoms with van der Waals surface area (Å²) in [6.07, 6.45) is 2.19. The van der Waals surface area contributed by atoms with Crippen LogP contribution in [0.5, 0.6) is 0 Å². The minimum absolute atomic E-state index is 0.115. The lowest BCUT2D eigenvalue weighted by molar-refractivity contribution is -0.131. The SMILES string of the molecule is CCN(CCO)C(=O)c1cc(C=CC(=O)O)ccc1F. The highest BCUT2D eigenvalue weighted by molar-refractivity contribution is 5.95. The molecule has 1 rings (SSSR count). The van der Waals surface area contributed by atoms with Crippen LogP contribution in [0.1, 0.15) is 22.8 Å². The normalized spacial score (nSPS) is 10.8. The summed E-state index contributed by atoms with van der Waals surface area (Å²) in [6.45, 7) is 1.97. The summed E-state index contributed by atoms with van der Waals surface area (Å²) >= 11 is 0. The number of carboxylic acids is 1. The van der Waals surface area contributed by atoms with E-state index < -0.39 is 17.7 Å². The van der Waals surface area contributed by atoms with E-state index in [0.29, 0.717) is 12.1 Å². The molecule has 108 valence electrons. The highest BCUT2D eigenvalue weighted by atomic mass is 19.1. The van der Waals surface area contributed by atoms with Gasteiger partial charge in [0.25, 0.3) is 5.91 Å². The number of hydrogen-bond acceptors (Lipinski definition) is 3. The molecule has 0 aliphatic rings. The minimum atomic E-state index is -1.13. The van der Waals surface area contributed by atoms with Gasteiger partial charge in [-0.2, -0.15) is 0 Å². The third-order valence-corrected chi connectivity index (χ3v) is 2.68. The number of amides is 1. The summed E-state index contributed by atoms with van der Waals surface area (Å²) in [4.78, 5) is 23.9. The Hall–Kier alpha value is -2.21. The summed E-state index contributed by atoms with van der Waals surface area (Å²) in [6, 6.07) is 3.78. The summed E-state index contributed by atoms with van der Waals surface area (Å²) in [5.41, 5.74) is 0.269. The number of benzene rings is 1. The van der Waals surface area contributed by atoms with Crippen molar-refractivity contribution in [3.63, 3.8) is 0 Å². The fourth-order valence-electron chi connectivity index (χ4n) is 1.67. The van der Waals surface area contributed by atoms with Crippen LogP contribution in [-0.4, -0.2) is 46.7 Å². The maximum Gasteiger partial charge on any atom is 0.328 e. The van der Waals surface area contributed by atoms with Gasteiger partial charge in [0.1, 0.15) is 5.82 Å². The number of aliphatic hydroxyl groups is 1. The quantitative estimate of drug-likeness (QED) is 0.772. The predicted octanol–water partition coefficient (Wildman–Crippen LogP) is 1.38. The van der Waals surface area contributed by atoms with Gasteiger partial charge < -0.3 is 15.1 Å². The summed E-state index contributed by atoms with van der Waals surface area (Å²) in [5, 5.41) is 17.4. The zero-order valence-electron chi connectivity index (χ0n) is 11.0. The van der Waals surface area contributed by atoms with E-state index in [9.17, 15) is 14.0 Å². The molecule has 0 heterocycles. The van der Waals surface area contributed by atoms with Crippen LogP contribution in [0.15, 0.2) is 24.3 Å². The largest absolute Gasteiger partial charge is 0.478 e. The second kappa shape index (κ2) is 7.40. The molecule has 0 radical (unpaired) electrons. The molecule has 0 spiro atoms. The Balaban J connectivity index is 3.07. The zero-order valence-corrected chi connectivity index (χ0v) is 11.0. The molecule has 0 saturated carbocycles. The molecule has 1 aromatic carbocycles. The fourth-order valence-corrected chi connectivity index (χ4v) is 1.67. The monoisotopic (exact) mass is 281 g/mol. The molecule has 20 heavy (non-hydrogen) atoms. The van der Waals surface area contributed by atoms with Gasteiger partial charge in [-0.15, -0.1) is 0 Å². The number of rotatable bonds is 6. The Morgan fingerprint density at radius 3 is 2.65 bits per heavy atom. The van der Waals surface area contributed by atoms with Gasteiger partial charge in [-0.25, -0.2) is 9.18 Å². The number of aliphatic carboxylic acids is 1. The second-order valence-electron chi connectivity index (χ2n) is 4.02. The summed E-state index contributed by atoms with van der Waals surface area (Å²) in [7, 11) is 0. The Bertz CT molecular complexity index is 528. The van der Waals surface area contributed by atoms with E-state index in [1.807, 2.05) is 0 Å². The molecule has 0 bridgehead atoms. The Kier molecular flexibility index (Phi) is 5.86. The molecular formula is C14H16FNO4. The van der Waals surface area contributed by atoms with Gasteiger partial charge in [0, 0.05) is 19.2 Å². The first-order chi connectivity index (χ1) is 9.49. The van der Waals surface area contributed by atoms with Crippen molar-refractivity contribution >= 4 is 18.0 Å². The van der Waals surface area contributed by atoms with E-state index in [1.54, 1.807) is 6.92 Å². The van der Waals surface area contributed by atoms with E-state index in [4.69, 9.17) is 10.2 Å².